The molecular weight excluding hydrogens is 185 g/mol. The molecule has 0 heterocycles. The summed E-state index contributed by atoms with van der Waals surface area (Å²) in [5.41, 5.74) is 6.63. The molecule has 0 saturated carbocycles. The second kappa shape index (κ2) is 4.63. The molecule has 2 N–H and O–H groups in total. The summed E-state index contributed by atoms with van der Waals surface area (Å²) in [7, 11) is 0. The molecule has 0 unspecified atom stereocenters. The minimum Gasteiger partial charge on any atom is -0.324 e. The lowest BCUT2D eigenvalue weighted by molar-refractivity contribution is 0.591. The van der Waals surface area contributed by atoms with Gasteiger partial charge in [0.25, 0.3) is 0 Å². The van der Waals surface area contributed by atoms with E-state index < -0.39 is 0 Å². The predicted octanol–water partition coefficient (Wildman–Crippen LogP) is 2.96. The molecule has 1 aromatic rings. The maximum atomic E-state index is 13.3. The minimum atomic E-state index is -0.165. The molecule has 0 aliphatic rings. The summed E-state index contributed by atoms with van der Waals surface area (Å²) in [6.07, 6.45) is 0. The van der Waals surface area contributed by atoms with Crippen LogP contribution >= 0.6 is 11.8 Å². The third kappa shape index (κ3) is 2.45. The Balaban J connectivity index is 3.09. The predicted molar refractivity (Wildman–Crippen MR) is 55.4 cm³/mol. The van der Waals surface area contributed by atoms with Crippen LogP contribution in [0, 0.1) is 5.82 Å². The minimum absolute atomic E-state index is 0.107. The third-order valence-corrected chi connectivity index (χ3v) is 2.78. The summed E-state index contributed by atoms with van der Waals surface area (Å²) in [6, 6.07) is 4.95. The molecule has 1 atom stereocenters. The smallest absolute Gasteiger partial charge is 0.137 e. The Morgan fingerprint density at radius 3 is 2.77 bits per heavy atom. The van der Waals surface area contributed by atoms with Crippen LogP contribution in [0.5, 0.6) is 0 Å². The summed E-state index contributed by atoms with van der Waals surface area (Å²) in [5, 5.41) is 0. The molecule has 1 rings (SSSR count). The number of hydrogen-bond acceptors (Lipinski definition) is 2. The molecule has 13 heavy (non-hydrogen) atoms. The zero-order valence-electron chi connectivity index (χ0n) is 7.88. The van der Waals surface area contributed by atoms with Crippen molar-refractivity contribution in [3.05, 3.63) is 29.6 Å². The molecule has 0 aliphatic heterocycles. The third-order valence-electron chi connectivity index (χ3n) is 1.78. The van der Waals surface area contributed by atoms with E-state index >= 15 is 0 Å². The van der Waals surface area contributed by atoms with E-state index in [2.05, 4.69) is 0 Å². The lowest BCUT2D eigenvalue weighted by Gasteiger charge is -2.11. The van der Waals surface area contributed by atoms with Gasteiger partial charge in [0.05, 0.1) is 0 Å². The van der Waals surface area contributed by atoms with Gasteiger partial charge in [0, 0.05) is 10.9 Å². The number of hydrogen-bond donors (Lipinski definition) is 1. The van der Waals surface area contributed by atoms with Crippen molar-refractivity contribution in [3.63, 3.8) is 0 Å². The van der Waals surface area contributed by atoms with Crippen LogP contribution in [0.3, 0.4) is 0 Å². The highest BCUT2D eigenvalue weighted by molar-refractivity contribution is 7.99. The van der Waals surface area contributed by atoms with Crippen LogP contribution < -0.4 is 5.73 Å². The molecule has 0 bridgehead atoms. The second-order valence-corrected chi connectivity index (χ2v) is 4.15. The van der Waals surface area contributed by atoms with E-state index in [1.54, 1.807) is 6.07 Å². The Labute approximate surface area is 82.5 Å². The molecule has 0 fully saturated rings. The Morgan fingerprint density at radius 2 is 2.23 bits per heavy atom. The van der Waals surface area contributed by atoms with E-state index in [9.17, 15) is 4.39 Å². The molecule has 0 aliphatic carbocycles. The van der Waals surface area contributed by atoms with Crippen LogP contribution in [-0.2, 0) is 0 Å². The zero-order chi connectivity index (χ0) is 9.84. The number of nitrogens with two attached hydrogens (primary N) is 1. The Bertz CT molecular complexity index is 286. The van der Waals surface area contributed by atoms with Crippen LogP contribution in [0.2, 0.25) is 0 Å². The van der Waals surface area contributed by atoms with Crippen molar-refractivity contribution in [2.45, 2.75) is 24.8 Å². The van der Waals surface area contributed by atoms with Crippen molar-refractivity contribution in [3.8, 4) is 0 Å². The Morgan fingerprint density at radius 1 is 1.54 bits per heavy atom. The van der Waals surface area contributed by atoms with Gasteiger partial charge < -0.3 is 5.73 Å². The molecule has 1 nitrogen and oxygen atoms in total. The SMILES string of the molecule is CCSc1c(F)cccc1[C@H](C)N. The summed E-state index contributed by atoms with van der Waals surface area (Å²) in [5.74, 6) is 0.697. The van der Waals surface area contributed by atoms with Gasteiger partial charge in [0.15, 0.2) is 0 Å². The maximum Gasteiger partial charge on any atom is 0.137 e. The van der Waals surface area contributed by atoms with Gasteiger partial charge in [0.2, 0.25) is 0 Å². The average molecular weight is 199 g/mol. The van der Waals surface area contributed by atoms with E-state index in [4.69, 9.17) is 5.73 Å². The van der Waals surface area contributed by atoms with Gasteiger partial charge in [-0.3, -0.25) is 0 Å². The highest BCUT2D eigenvalue weighted by Crippen LogP contribution is 2.28. The van der Waals surface area contributed by atoms with Gasteiger partial charge in [-0.15, -0.1) is 11.8 Å². The first-order valence-corrected chi connectivity index (χ1v) is 5.32. The molecule has 0 radical (unpaired) electrons. The quantitative estimate of drug-likeness (QED) is 0.757. The van der Waals surface area contributed by atoms with Crippen molar-refractivity contribution in [1.29, 1.82) is 0 Å². The molecular formula is C10H14FNS. The first-order valence-electron chi connectivity index (χ1n) is 4.33. The van der Waals surface area contributed by atoms with E-state index in [0.717, 1.165) is 11.3 Å². The average Bonchev–Trinajstić information content (AvgIpc) is 2.08. The normalized spacial score (nSPS) is 12.9. The molecule has 3 heteroatoms. The van der Waals surface area contributed by atoms with Gasteiger partial charge in [-0.25, -0.2) is 4.39 Å². The first-order chi connectivity index (χ1) is 6.16. The highest BCUT2D eigenvalue weighted by atomic mass is 32.2. The van der Waals surface area contributed by atoms with Crippen molar-refractivity contribution < 1.29 is 4.39 Å². The van der Waals surface area contributed by atoms with Crippen molar-refractivity contribution in [1.82, 2.24) is 0 Å². The molecule has 72 valence electrons. The van der Waals surface area contributed by atoms with Crippen LogP contribution in [0.1, 0.15) is 25.5 Å². The molecule has 0 aromatic heterocycles. The van der Waals surface area contributed by atoms with Crippen molar-refractivity contribution in [2.24, 2.45) is 5.73 Å². The summed E-state index contributed by atoms with van der Waals surface area (Å²) in [6.45, 7) is 3.87. The molecule has 0 amide bonds. The number of halogens is 1. The number of rotatable bonds is 3. The lowest BCUT2D eigenvalue weighted by atomic mass is 10.1. The molecule has 1 aromatic carbocycles. The van der Waals surface area contributed by atoms with Crippen LogP contribution in [0.25, 0.3) is 0 Å². The fraction of sp³-hybridized carbons (Fsp3) is 0.400. The van der Waals surface area contributed by atoms with Gasteiger partial charge >= 0.3 is 0 Å². The van der Waals surface area contributed by atoms with E-state index in [0.29, 0.717) is 4.90 Å². The summed E-state index contributed by atoms with van der Waals surface area (Å²) in [4.78, 5) is 0.694. The Hall–Kier alpha value is -0.540. The van der Waals surface area contributed by atoms with Gasteiger partial charge in [-0.1, -0.05) is 19.1 Å². The van der Waals surface area contributed by atoms with Crippen molar-refractivity contribution in [2.75, 3.05) is 5.75 Å². The fourth-order valence-electron chi connectivity index (χ4n) is 1.18. The van der Waals surface area contributed by atoms with Gasteiger partial charge in [0.1, 0.15) is 5.82 Å². The van der Waals surface area contributed by atoms with Crippen LogP contribution in [0.15, 0.2) is 23.1 Å². The fourth-order valence-corrected chi connectivity index (χ4v) is 2.10. The molecule has 0 saturated heterocycles. The number of benzene rings is 1. The van der Waals surface area contributed by atoms with Crippen LogP contribution in [-0.4, -0.2) is 5.75 Å². The topological polar surface area (TPSA) is 26.0 Å². The van der Waals surface area contributed by atoms with Gasteiger partial charge in [-0.2, -0.15) is 0 Å². The van der Waals surface area contributed by atoms with E-state index in [1.165, 1.54) is 17.8 Å². The lowest BCUT2D eigenvalue weighted by Crippen LogP contribution is -2.07. The largest absolute Gasteiger partial charge is 0.324 e. The summed E-state index contributed by atoms with van der Waals surface area (Å²) >= 11 is 1.50. The standard InChI is InChI=1S/C10H14FNS/c1-3-13-10-8(7(2)12)5-4-6-9(10)11/h4-7H,3,12H2,1-2H3/t7-/m0/s1. The molecule has 0 spiro atoms. The monoisotopic (exact) mass is 199 g/mol. The first kappa shape index (κ1) is 10.5. The zero-order valence-corrected chi connectivity index (χ0v) is 8.70. The maximum absolute atomic E-state index is 13.3. The van der Waals surface area contributed by atoms with E-state index in [-0.39, 0.29) is 11.9 Å². The van der Waals surface area contributed by atoms with Gasteiger partial charge in [-0.05, 0) is 24.3 Å². The summed E-state index contributed by atoms with van der Waals surface area (Å²) < 4.78 is 13.3. The highest BCUT2D eigenvalue weighted by Gasteiger charge is 2.10. The van der Waals surface area contributed by atoms with Crippen molar-refractivity contribution >= 4 is 11.8 Å². The Kier molecular flexibility index (Phi) is 3.75. The second-order valence-electron chi connectivity index (χ2n) is 2.88. The van der Waals surface area contributed by atoms with Crippen LogP contribution in [0.4, 0.5) is 4.39 Å². The number of thioether (sulfide) groups is 1. The van der Waals surface area contributed by atoms with E-state index in [1.807, 2.05) is 19.9 Å².